The van der Waals surface area contributed by atoms with Crippen LogP contribution in [0, 0.1) is 5.92 Å². The zero-order chi connectivity index (χ0) is 14.7. The highest BCUT2D eigenvalue weighted by Gasteiger charge is 2.27. The van der Waals surface area contributed by atoms with Crippen LogP contribution in [0.25, 0.3) is 0 Å². The number of ether oxygens (including phenoxy) is 2. The fourth-order valence-electron chi connectivity index (χ4n) is 3.08. The number of phenols is 1. The summed E-state index contributed by atoms with van der Waals surface area (Å²) >= 11 is 0. The van der Waals surface area contributed by atoms with Crippen LogP contribution in [0.4, 0.5) is 0 Å². The van der Waals surface area contributed by atoms with Crippen molar-refractivity contribution in [3.63, 3.8) is 0 Å². The number of methoxy groups -OCH3 is 2. The van der Waals surface area contributed by atoms with Crippen molar-refractivity contribution in [2.45, 2.75) is 39.3 Å². The molecule has 2 rings (SSSR count). The number of rotatable bonds is 5. The number of benzene rings is 1. The Morgan fingerprint density at radius 3 is 2.35 bits per heavy atom. The van der Waals surface area contributed by atoms with Crippen molar-refractivity contribution < 1.29 is 14.6 Å². The van der Waals surface area contributed by atoms with Gasteiger partial charge in [0.05, 0.1) is 14.2 Å². The molecular weight excluding hydrogens is 254 g/mol. The standard InChI is InChI=1S/C16H25NO3/c1-11(2)13-6-5-7-17(13)10-12-8-14(19-3)16(18)15(9-12)20-4/h8-9,11,13,18H,5-7,10H2,1-4H3. The molecule has 4 nitrogen and oxygen atoms in total. The average molecular weight is 279 g/mol. The zero-order valence-electron chi connectivity index (χ0n) is 12.8. The lowest BCUT2D eigenvalue weighted by Crippen LogP contribution is -2.32. The van der Waals surface area contributed by atoms with Gasteiger partial charge in [-0.1, -0.05) is 13.8 Å². The molecule has 0 spiro atoms. The van der Waals surface area contributed by atoms with Crippen molar-refractivity contribution in [1.82, 2.24) is 4.90 Å². The minimum absolute atomic E-state index is 0.0700. The van der Waals surface area contributed by atoms with Gasteiger partial charge in [0.15, 0.2) is 11.5 Å². The smallest absolute Gasteiger partial charge is 0.200 e. The van der Waals surface area contributed by atoms with E-state index < -0.39 is 0 Å². The maximum absolute atomic E-state index is 9.95. The molecular formula is C16H25NO3. The Morgan fingerprint density at radius 2 is 1.85 bits per heavy atom. The van der Waals surface area contributed by atoms with Gasteiger partial charge in [-0.3, -0.25) is 4.90 Å². The quantitative estimate of drug-likeness (QED) is 0.899. The van der Waals surface area contributed by atoms with E-state index in [9.17, 15) is 5.11 Å². The third kappa shape index (κ3) is 3.01. The molecule has 1 aromatic rings. The van der Waals surface area contributed by atoms with E-state index in [0.29, 0.717) is 23.5 Å². The van der Waals surface area contributed by atoms with Crippen LogP contribution in [-0.2, 0) is 6.54 Å². The SMILES string of the molecule is COc1cc(CN2CCCC2C(C)C)cc(OC)c1O. The first-order chi connectivity index (χ1) is 9.56. The number of nitrogens with zero attached hydrogens (tertiary/aromatic N) is 1. The summed E-state index contributed by atoms with van der Waals surface area (Å²) in [7, 11) is 3.12. The Bertz CT molecular complexity index is 434. The topological polar surface area (TPSA) is 41.9 Å². The van der Waals surface area contributed by atoms with Crippen LogP contribution >= 0.6 is 0 Å². The average Bonchev–Trinajstić information content (AvgIpc) is 2.88. The van der Waals surface area contributed by atoms with Crippen LogP contribution in [0.15, 0.2) is 12.1 Å². The Balaban J connectivity index is 2.20. The summed E-state index contributed by atoms with van der Waals surface area (Å²) in [5.41, 5.74) is 1.11. The normalized spacial score (nSPS) is 19.6. The molecule has 1 fully saturated rings. The highest BCUT2D eigenvalue weighted by Crippen LogP contribution is 2.38. The number of hydrogen-bond donors (Lipinski definition) is 1. The highest BCUT2D eigenvalue weighted by atomic mass is 16.5. The lowest BCUT2D eigenvalue weighted by molar-refractivity contribution is 0.198. The maximum Gasteiger partial charge on any atom is 0.200 e. The fraction of sp³-hybridized carbons (Fsp3) is 0.625. The molecule has 1 saturated heterocycles. The van der Waals surface area contributed by atoms with Gasteiger partial charge < -0.3 is 14.6 Å². The molecule has 1 N–H and O–H groups in total. The van der Waals surface area contributed by atoms with E-state index in [1.165, 1.54) is 12.8 Å². The first kappa shape index (κ1) is 15.0. The largest absolute Gasteiger partial charge is 0.502 e. The van der Waals surface area contributed by atoms with Gasteiger partial charge >= 0.3 is 0 Å². The lowest BCUT2D eigenvalue weighted by Gasteiger charge is -2.27. The summed E-state index contributed by atoms with van der Waals surface area (Å²) in [5.74, 6) is 1.68. The second-order valence-electron chi connectivity index (χ2n) is 5.77. The van der Waals surface area contributed by atoms with Crippen LogP contribution in [0.5, 0.6) is 17.2 Å². The lowest BCUT2D eigenvalue weighted by atomic mass is 10.0. The summed E-state index contributed by atoms with van der Waals surface area (Å²) in [6.07, 6.45) is 2.53. The zero-order valence-corrected chi connectivity index (χ0v) is 12.8. The molecule has 0 saturated carbocycles. The van der Waals surface area contributed by atoms with Gasteiger partial charge in [0.1, 0.15) is 0 Å². The minimum atomic E-state index is 0.0700. The molecule has 1 aromatic carbocycles. The number of phenolic OH excluding ortho intramolecular Hbond substituents is 1. The third-order valence-corrected chi connectivity index (χ3v) is 4.11. The van der Waals surface area contributed by atoms with Crippen LogP contribution in [0.2, 0.25) is 0 Å². The molecule has 0 bridgehead atoms. The van der Waals surface area contributed by atoms with E-state index in [1.54, 1.807) is 14.2 Å². The van der Waals surface area contributed by atoms with E-state index in [2.05, 4.69) is 18.7 Å². The van der Waals surface area contributed by atoms with Crippen molar-refractivity contribution >= 4 is 0 Å². The molecule has 1 unspecified atom stereocenters. The first-order valence-electron chi connectivity index (χ1n) is 7.24. The summed E-state index contributed by atoms with van der Waals surface area (Å²) in [6, 6.07) is 4.43. The van der Waals surface area contributed by atoms with E-state index in [0.717, 1.165) is 18.7 Å². The van der Waals surface area contributed by atoms with Crippen molar-refractivity contribution in [1.29, 1.82) is 0 Å². The summed E-state index contributed by atoms with van der Waals surface area (Å²) in [4.78, 5) is 2.51. The van der Waals surface area contributed by atoms with Gasteiger partial charge in [-0.2, -0.15) is 0 Å². The Morgan fingerprint density at radius 1 is 1.25 bits per heavy atom. The Labute approximate surface area is 121 Å². The van der Waals surface area contributed by atoms with Crippen molar-refractivity contribution in [3.05, 3.63) is 17.7 Å². The van der Waals surface area contributed by atoms with Gasteiger partial charge in [0.2, 0.25) is 5.75 Å². The Hall–Kier alpha value is -1.42. The maximum atomic E-state index is 9.95. The number of aromatic hydroxyl groups is 1. The van der Waals surface area contributed by atoms with E-state index in [-0.39, 0.29) is 5.75 Å². The molecule has 4 heteroatoms. The number of likely N-dealkylation sites (tertiary alicyclic amines) is 1. The molecule has 0 amide bonds. The molecule has 1 aliphatic rings. The monoisotopic (exact) mass is 279 g/mol. The summed E-state index contributed by atoms with van der Waals surface area (Å²) in [6.45, 7) is 6.56. The van der Waals surface area contributed by atoms with Gasteiger partial charge in [0, 0.05) is 12.6 Å². The third-order valence-electron chi connectivity index (χ3n) is 4.11. The summed E-state index contributed by atoms with van der Waals surface area (Å²) < 4.78 is 10.4. The molecule has 20 heavy (non-hydrogen) atoms. The highest BCUT2D eigenvalue weighted by molar-refractivity contribution is 5.52. The number of hydrogen-bond acceptors (Lipinski definition) is 4. The minimum Gasteiger partial charge on any atom is -0.502 e. The molecule has 0 radical (unpaired) electrons. The van der Waals surface area contributed by atoms with Gasteiger partial charge in [-0.15, -0.1) is 0 Å². The molecule has 112 valence electrons. The van der Waals surface area contributed by atoms with E-state index >= 15 is 0 Å². The van der Waals surface area contributed by atoms with E-state index in [4.69, 9.17) is 9.47 Å². The Kier molecular flexibility index (Phi) is 4.76. The second kappa shape index (κ2) is 6.35. The van der Waals surface area contributed by atoms with Gasteiger partial charge in [-0.25, -0.2) is 0 Å². The van der Waals surface area contributed by atoms with Crippen LogP contribution < -0.4 is 9.47 Å². The molecule has 0 aromatic heterocycles. The predicted octanol–water partition coefficient (Wildman–Crippen LogP) is 3.03. The molecule has 1 heterocycles. The molecule has 1 aliphatic heterocycles. The second-order valence-corrected chi connectivity index (χ2v) is 5.77. The van der Waals surface area contributed by atoms with Crippen molar-refractivity contribution in [2.24, 2.45) is 5.92 Å². The van der Waals surface area contributed by atoms with Gasteiger partial charge in [0.25, 0.3) is 0 Å². The van der Waals surface area contributed by atoms with E-state index in [1.807, 2.05) is 12.1 Å². The summed E-state index contributed by atoms with van der Waals surface area (Å²) in [5, 5.41) is 9.95. The molecule has 1 atom stereocenters. The van der Waals surface area contributed by atoms with Crippen LogP contribution in [0.1, 0.15) is 32.3 Å². The van der Waals surface area contributed by atoms with Gasteiger partial charge in [-0.05, 0) is 43.0 Å². The van der Waals surface area contributed by atoms with Crippen LogP contribution in [-0.4, -0.2) is 36.8 Å². The van der Waals surface area contributed by atoms with Crippen molar-refractivity contribution in [2.75, 3.05) is 20.8 Å². The van der Waals surface area contributed by atoms with Crippen molar-refractivity contribution in [3.8, 4) is 17.2 Å². The molecule has 0 aliphatic carbocycles. The fourth-order valence-corrected chi connectivity index (χ4v) is 3.08. The van der Waals surface area contributed by atoms with Crippen LogP contribution in [0.3, 0.4) is 0 Å². The first-order valence-corrected chi connectivity index (χ1v) is 7.24. The predicted molar refractivity (Wildman–Crippen MR) is 79.5 cm³/mol.